The van der Waals surface area contributed by atoms with Crippen molar-refractivity contribution in [1.29, 1.82) is 0 Å². The third-order valence-corrected chi connectivity index (χ3v) is 2.55. The highest BCUT2D eigenvalue weighted by Gasteiger charge is 2.28. The van der Waals surface area contributed by atoms with Crippen LogP contribution in [-0.4, -0.2) is 13.1 Å². The van der Waals surface area contributed by atoms with Gasteiger partial charge in [0.15, 0.2) is 5.82 Å². The number of halogens is 2. The SMILES string of the molecule is CN(c1cc(F)cc(F)c1N)C1CC1. The Hall–Kier alpha value is -1.32. The molecule has 1 fully saturated rings. The molecule has 0 atom stereocenters. The molecule has 1 aromatic carbocycles. The molecule has 2 rings (SSSR count). The van der Waals surface area contributed by atoms with Gasteiger partial charge >= 0.3 is 0 Å². The number of nitrogens with zero attached hydrogens (tertiary/aromatic N) is 1. The summed E-state index contributed by atoms with van der Waals surface area (Å²) in [6.45, 7) is 0. The molecule has 0 amide bonds. The van der Waals surface area contributed by atoms with E-state index in [0.29, 0.717) is 11.7 Å². The minimum atomic E-state index is -0.687. The maximum absolute atomic E-state index is 13.1. The van der Waals surface area contributed by atoms with Crippen LogP contribution in [0.1, 0.15) is 12.8 Å². The van der Waals surface area contributed by atoms with E-state index in [2.05, 4.69) is 0 Å². The first-order valence-electron chi connectivity index (χ1n) is 4.57. The van der Waals surface area contributed by atoms with Crippen LogP contribution in [0.2, 0.25) is 0 Å². The molecule has 76 valence electrons. The Morgan fingerprint density at radius 3 is 2.57 bits per heavy atom. The van der Waals surface area contributed by atoms with Crippen molar-refractivity contribution in [2.45, 2.75) is 18.9 Å². The Kier molecular flexibility index (Phi) is 2.06. The number of nitrogens with two attached hydrogens (primary N) is 1. The Bertz CT molecular complexity index is 361. The number of benzene rings is 1. The highest BCUT2D eigenvalue weighted by molar-refractivity contribution is 5.68. The monoisotopic (exact) mass is 198 g/mol. The highest BCUT2D eigenvalue weighted by Crippen LogP contribution is 2.34. The van der Waals surface area contributed by atoms with Crippen molar-refractivity contribution in [2.75, 3.05) is 17.7 Å². The molecular weight excluding hydrogens is 186 g/mol. The van der Waals surface area contributed by atoms with Gasteiger partial charge in [-0.15, -0.1) is 0 Å². The molecule has 1 saturated carbocycles. The summed E-state index contributed by atoms with van der Waals surface area (Å²) in [4.78, 5) is 1.83. The van der Waals surface area contributed by atoms with Gasteiger partial charge in [0.1, 0.15) is 5.82 Å². The quantitative estimate of drug-likeness (QED) is 0.738. The lowest BCUT2D eigenvalue weighted by Gasteiger charge is -2.20. The van der Waals surface area contributed by atoms with Gasteiger partial charge in [-0.3, -0.25) is 0 Å². The van der Waals surface area contributed by atoms with Crippen LogP contribution < -0.4 is 10.6 Å². The predicted octanol–water partition coefficient (Wildman–Crippen LogP) is 2.15. The van der Waals surface area contributed by atoms with Gasteiger partial charge in [0.05, 0.1) is 11.4 Å². The third-order valence-electron chi connectivity index (χ3n) is 2.55. The largest absolute Gasteiger partial charge is 0.395 e. The van der Waals surface area contributed by atoms with Crippen LogP contribution in [-0.2, 0) is 0 Å². The summed E-state index contributed by atoms with van der Waals surface area (Å²) in [5.41, 5.74) is 6.01. The molecule has 14 heavy (non-hydrogen) atoms. The van der Waals surface area contributed by atoms with Crippen molar-refractivity contribution in [3.63, 3.8) is 0 Å². The molecule has 2 nitrogen and oxygen atoms in total. The van der Waals surface area contributed by atoms with Gasteiger partial charge < -0.3 is 10.6 Å². The van der Waals surface area contributed by atoms with Crippen LogP contribution in [0.3, 0.4) is 0 Å². The van der Waals surface area contributed by atoms with Crippen molar-refractivity contribution in [2.24, 2.45) is 0 Å². The third kappa shape index (κ3) is 1.52. The Morgan fingerprint density at radius 1 is 1.36 bits per heavy atom. The standard InChI is InChI=1S/C10H12F2N2/c1-14(7-2-3-7)9-5-6(11)4-8(12)10(9)13/h4-5,7H,2-3,13H2,1H3. The Morgan fingerprint density at radius 2 is 2.00 bits per heavy atom. The van der Waals surface area contributed by atoms with Crippen LogP contribution in [0, 0.1) is 11.6 Å². The van der Waals surface area contributed by atoms with Gasteiger partial charge in [-0.1, -0.05) is 0 Å². The molecule has 0 radical (unpaired) electrons. The molecule has 0 bridgehead atoms. The number of nitrogen functional groups attached to an aromatic ring is 1. The molecule has 1 aliphatic rings. The first kappa shape index (κ1) is 9.24. The molecule has 0 saturated heterocycles. The second-order valence-corrected chi connectivity index (χ2v) is 3.66. The van der Waals surface area contributed by atoms with Crippen LogP contribution in [0.5, 0.6) is 0 Å². The maximum atomic E-state index is 13.1. The lowest BCUT2D eigenvalue weighted by Crippen LogP contribution is -2.21. The fourth-order valence-corrected chi connectivity index (χ4v) is 1.52. The topological polar surface area (TPSA) is 29.3 Å². The minimum absolute atomic E-state index is 0.0285. The smallest absolute Gasteiger partial charge is 0.151 e. The van der Waals surface area contributed by atoms with Crippen LogP contribution in [0.25, 0.3) is 0 Å². The second-order valence-electron chi connectivity index (χ2n) is 3.66. The Labute approximate surface area is 81.3 Å². The molecule has 0 unspecified atom stereocenters. The molecule has 0 spiro atoms. The van der Waals surface area contributed by atoms with Gasteiger partial charge in [-0.05, 0) is 18.9 Å². The van der Waals surface area contributed by atoms with Crippen molar-refractivity contribution >= 4 is 11.4 Å². The number of hydrogen-bond acceptors (Lipinski definition) is 2. The fourth-order valence-electron chi connectivity index (χ4n) is 1.52. The van der Waals surface area contributed by atoms with E-state index >= 15 is 0 Å². The summed E-state index contributed by atoms with van der Waals surface area (Å²) in [5, 5.41) is 0. The Balaban J connectivity index is 2.39. The second kappa shape index (κ2) is 3.12. The zero-order chi connectivity index (χ0) is 10.3. The molecular formula is C10H12F2N2. The van der Waals surface area contributed by atoms with Crippen LogP contribution >= 0.6 is 0 Å². The van der Waals surface area contributed by atoms with E-state index in [1.807, 2.05) is 11.9 Å². The van der Waals surface area contributed by atoms with Crippen LogP contribution in [0.4, 0.5) is 20.2 Å². The minimum Gasteiger partial charge on any atom is -0.395 e. The molecule has 0 aliphatic heterocycles. The molecule has 0 heterocycles. The van der Waals surface area contributed by atoms with Gasteiger partial charge in [0, 0.05) is 19.2 Å². The van der Waals surface area contributed by atoms with E-state index in [-0.39, 0.29) is 5.69 Å². The van der Waals surface area contributed by atoms with Gasteiger partial charge in [0.2, 0.25) is 0 Å². The summed E-state index contributed by atoms with van der Waals surface area (Å²) in [5.74, 6) is -1.27. The van der Waals surface area contributed by atoms with E-state index in [9.17, 15) is 8.78 Å². The highest BCUT2D eigenvalue weighted by atomic mass is 19.1. The average molecular weight is 198 g/mol. The van der Waals surface area contributed by atoms with E-state index < -0.39 is 11.6 Å². The summed E-state index contributed by atoms with van der Waals surface area (Å²) in [7, 11) is 1.81. The van der Waals surface area contributed by atoms with Crippen molar-refractivity contribution < 1.29 is 8.78 Å². The molecule has 4 heteroatoms. The first-order valence-corrected chi connectivity index (χ1v) is 4.57. The molecule has 1 aromatic rings. The average Bonchev–Trinajstić information content (AvgIpc) is 2.93. The summed E-state index contributed by atoms with van der Waals surface area (Å²) in [6, 6.07) is 2.47. The van der Waals surface area contributed by atoms with Crippen molar-refractivity contribution in [1.82, 2.24) is 0 Å². The van der Waals surface area contributed by atoms with E-state index in [1.54, 1.807) is 0 Å². The number of rotatable bonds is 2. The predicted molar refractivity (Wildman–Crippen MR) is 52.2 cm³/mol. The number of anilines is 2. The zero-order valence-electron chi connectivity index (χ0n) is 7.93. The van der Waals surface area contributed by atoms with Gasteiger partial charge in [-0.2, -0.15) is 0 Å². The summed E-state index contributed by atoms with van der Waals surface area (Å²) < 4.78 is 26.0. The fraction of sp³-hybridized carbons (Fsp3) is 0.400. The summed E-state index contributed by atoms with van der Waals surface area (Å²) >= 11 is 0. The van der Waals surface area contributed by atoms with Crippen molar-refractivity contribution in [3.8, 4) is 0 Å². The first-order chi connectivity index (χ1) is 6.59. The van der Waals surface area contributed by atoms with Crippen LogP contribution in [0.15, 0.2) is 12.1 Å². The van der Waals surface area contributed by atoms with Gasteiger partial charge in [-0.25, -0.2) is 8.78 Å². The van der Waals surface area contributed by atoms with E-state index in [0.717, 1.165) is 18.9 Å². The van der Waals surface area contributed by atoms with E-state index in [1.165, 1.54) is 6.07 Å². The molecule has 2 N–H and O–H groups in total. The molecule has 0 aromatic heterocycles. The maximum Gasteiger partial charge on any atom is 0.151 e. The number of hydrogen-bond donors (Lipinski definition) is 1. The normalized spacial score (nSPS) is 15.6. The van der Waals surface area contributed by atoms with Crippen molar-refractivity contribution in [3.05, 3.63) is 23.8 Å². The van der Waals surface area contributed by atoms with Gasteiger partial charge in [0.25, 0.3) is 0 Å². The van der Waals surface area contributed by atoms with E-state index in [4.69, 9.17) is 5.73 Å². The lowest BCUT2D eigenvalue weighted by molar-refractivity contribution is 0.585. The lowest BCUT2D eigenvalue weighted by atomic mass is 10.2. The summed E-state index contributed by atoms with van der Waals surface area (Å²) in [6.07, 6.45) is 2.13. The zero-order valence-corrected chi connectivity index (χ0v) is 7.93. The molecule has 1 aliphatic carbocycles.